The first-order valence-corrected chi connectivity index (χ1v) is 5.14. The van der Waals surface area contributed by atoms with Gasteiger partial charge in [-0.1, -0.05) is 0 Å². The molecule has 0 radical (unpaired) electrons. The summed E-state index contributed by atoms with van der Waals surface area (Å²) in [4.78, 5) is 12.8. The quantitative estimate of drug-likeness (QED) is 0.636. The summed E-state index contributed by atoms with van der Waals surface area (Å²) in [6.07, 6.45) is 5.18. The van der Waals surface area contributed by atoms with Crippen molar-refractivity contribution < 1.29 is 9.90 Å². The van der Waals surface area contributed by atoms with Crippen molar-refractivity contribution >= 4 is 6.29 Å². The van der Waals surface area contributed by atoms with E-state index in [2.05, 4.69) is 4.90 Å². The second-order valence-corrected chi connectivity index (χ2v) is 4.38. The maximum atomic E-state index is 10.4. The van der Waals surface area contributed by atoms with Gasteiger partial charge in [-0.3, -0.25) is 0 Å². The van der Waals surface area contributed by atoms with Crippen molar-refractivity contribution in [1.29, 1.82) is 0 Å². The Bertz CT molecular complexity index is 207. The van der Waals surface area contributed by atoms with Gasteiger partial charge in [0.2, 0.25) is 0 Å². The lowest BCUT2D eigenvalue weighted by molar-refractivity contribution is -0.115. The van der Waals surface area contributed by atoms with Gasteiger partial charge in [0, 0.05) is 19.0 Å². The number of carbonyl (C=O) groups excluding carboxylic acids is 1. The fourth-order valence-corrected chi connectivity index (χ4v) is 2.65. The fourth-order valence-electron chi connectivity index (χ4n) is 2.65. The van der Waals surface area contributed by atoms with Gasteiger partial charge in [-0.2, -0.15) is 0 Å². The molecule has 2 heterocycles. The monoisotopic (exact) mass is 183 g/mol. The molecule has 2 saturated heterocycles. The van der Waals surface area contributed by atoms with Gasteiger partial charge in [0.25, 0.3) is 0 Å². The van der Waals surface area contributed by atoms with E-state index in [1.807, 2.05) is 0 Å². The number of carbonyl (C=O) groups is 1. The average Bonchev–Trinajstić information content (AvgIpc) is 2.50. The zero-order chi connectivity index (χ0) is 9.31. The van der Waals surface area contributed by atoms with Crippen LogP contribution in [0.3, 0.4) is 0 Å². The number of fused-ring (bicyclic) bond motifs is 1. The van der Waals surface area contributed by atoms with Gasteiger partial charge in [0.05, 0.1) is 5.60 Å². The van der Waals surface area contributed by atoms with Gasteiger partial charge in [-0.05, 0) is 32.2 Å². The van der Waals surface area contributed by atoms with E-state index >= 15 is 0 Å². The zero-order valence-corrected chi connectivity index (χ0v) is 7.91. The first-order valence-electron chi connectivity index (χ1n) is 5.14. The molecule has 2 rings (SSSR count). The van der Waals surface area contributed by atoms with Crippen LogP contribution < -0.4 is 0 Å². The van der Waals surface area contributed by atoms with Crippen molar-refractivity contribution in [3.05, 3.63) is 0 Å². The Hall–Kier alpha value is -0.410. The fraction of sp³-hybridized carbons (Fsp3) is 0.900. The smallest absolute Gasteiger partial charge is 0.122 e. The summed E-state index contributed by atoms with van der Waals surface area (Å²) in [6, 6.07) is 0.540. The third-order valence-electron chi connectivity index (χ3n) is 3.44. The Balaban J connectivity index is 1.99. The van der Waals surface area contributed by atoms with E-state index in [1.54, 1.807) is 0 Å². The van der Waals surface area contributed by atoms with E-state index in [0.717, 1.165) is 25.7 Å². The van der Waals surface area contributed by atoms with E-state index in [-0.39, 0.29) is 0 Å². The van der Waals surface area contributed by atoms with Crippen molar-refractivity contribution in [3.63, 3.8) is 0 Å². The highest BCUT2D eigenvalue weighted by Gasteiger charge is 2.39. The third-order valence-corrected chi connectivity index (χ3v) is 3.44. The van der Waals surface area contributed by atoms with E-state index in [1.165, 1.54) is 19.4 Å². The minimum absolute atomic E-state index is 0.317. The van der Waals surface area contributed by atoms with Crippen molar-refractivity contribution in [2.45, 2.75) is 43.7 Å². The number of nitrogens with zero attached hydrogens (tertiary/aromatic N) is 1. The predicted molar refractivity (Wildman–Crippen MR) is 49.5 cm³/mol. The predicted octanol–water partition coefficient (Wildman–Crippen LogP) is 0.565. The van der Waals surface area contributed by atoms with E-state index < -0.39 is 5.60 Å². The van der Waals surface area contributed by atoms with Gasteiger partial charge >= 0.3 is 0 Å². The molecule has 13 heavy (non-hydrogen) atoms. The van der Waals surface area contributed by atoms with Gasteiger partial charge in [-0.25, -0.2) is 0 Å². The molecular formula is C10H17NO2. The lowest BCUT2D eigenvalue weighted by atomic mass is 9.84. The van der Waals surface area contributed by atoms with E-state index in [9.17, 15) is 9.90 Å². The number of rotatable bonds is 2. The normalized spacial score (nSPS) is 40.2. The van der Waals surface area contributed by atoms with Crippen LogP contribution in [0, 0.1) is 0 Å². The molecule has 0 spiro atoms. The van der Waals surface area contributed by atoms with Crippen LogP contribution in [0.5, 0.6) is 0 Å². The Morgan fingerprint density at radius 1 is 1.54 bits per heavy atom. The number of hydrogen-bond donors (Lipinski definition) is 1. The molecule has 0 amide bonds. The summed E-state index contributed by atoms with van der Waals surface area (Å²) in [5, 5.41) is 10.1. The van der Waals surface area contributed by atoms with Gasteiger partial charge in [-0.15, -0.1) is 0 Å². The molecule has 0 saturated carbocycles. The van der Waals surface area contributed by atoms with Crippen LogP contribution in [-0.2, 0) is 4.79 Å². The lowest BCUT2D eigenvalue weighted by Crippen LogP contribution is -2.47. The lowest BCUT2D eigenvalue weighted by Gasteiger charge is -2.39. The molecule has 2 atom stereocenters. The van der Waals surface area contributed by atoms with Crippen LogP contribution in [0.2, 0.25) is 0 Å². The van der Waals surface area contributed by atoms with Crippen molar-refractivity contribution in [3.8, 4) is 0 Å². The molecule has 1 N–H and O–H groups in total. The van der Waals surface area contributed by atoms with E-state index in [4.69, 9.17) is 0 Å². The Kier molecular flexibility index (Phi) is 2.39. The summed E-state index contributed by atoms with van der Waals surface area (Å²) < 4.78 is 0. The molecule has 2 aliphatic rings. The van der Waals surface area contributed by atoms with Gasteiger partial charge in [0.1, 0.15) is 6.29 Å². The number of hydrogen-bond acceptors (Lipinski definition) is 3. The topological polar surface area (TPSA) is 40.5 Å². The SMILES string of the molecule is O=CCC1(O)CCN2CCCC2C1. The molecule has 74 valence electrons. The number of piperidine rings is 1. The first kappa shape index (κ1) is 9.16. The van der Waals surface area contributed by atoms with Crippen molar-refractivity contribution in [2.24, 2.45) is 0 Å². The molecule has 2 unspecified atom stereocenters. The molecule has 2 aliphatic heterocycles. The molecule has 0 aliphatic carbocycles. The van der Waals surface area contributed by atoms with Crippen molar-refractivity contribution in [1.82, 2.24) is 4.90 Å². The highest BCUT2D eigenvalue weighted by atomic mass is 16.3. The summed E-state index contributed by atoms with van der Waals surface area (Å²) in [5.41, 5.74) is -0.687. The zero-order valence-electron chi connectivity index (χ0n) is 7.91. The Morgan fingerprint density at radius 3 is 3.15 bits per heavy atom. The number of aldehydes is 1. The van der Waals surface area contributed by atoms with Gasteiger partial charge in [0.15, 0.2) is 0 Å². The van der Waals surface area contributed by atoms with Crippen molar-refractivity contribution in [2.75, 3.05) is 13.1 Å². The molecule has 0 bridgehead atoms. The van der Waals surface area contributed by atoms with Gasteiger partial charge < -0.3 is 14.8 Å². The minimum atomic E-state index is -0.687. The van der Waals surface area contributed by atoms with Crippen LogP contribution in [0.1, 0.15) is 32.1 Å². The average molecular weight is 183 g/mol. The number of aliphatic hydroxyl groups is 1. The second-order valence-electron chi connectivity index (χ2n) is 4.38. The van der Waals surface area contributed by atoms with Crippen LogP contribution in [-0.4, -0.2) is 41.0 Å². The Morgan fingerprint density at radius 2 is 2.38 bits per heavy atom. The molecule has 3 nitrogen and oxygen atoms in total. The molecular weight excluding hydrogens is 166 g/mol. The Labute approximate surface area is 78.7 Å². The largest absolute Gasteiger partial charge is 0.389 e. The second kappa shape index (κ2) is 3.39. The molecule has 0 aromatic rings. The third kappa shape index (κ3) is 1.76. The van der Waals surface area contributed by atoms with Crippen LogP contribution in [0.25, 0.3) is 0 Å². The summed E-state index contributed by atoms with van der Waals surface area (Å²) in [7, 11) is 0. The summed E-state index contributed by atoms with van der Waals surface area (Å²) in [6.45, 7) is 2.15. The molecule has 3 heteroatoms. The van der Waals surface area contributed by atoms with Crippen LogP contribution >= 0.6 is 0 Å². The summed E-state index contributed by atoms with van der Waals surface area (Å²) in [5.74, 6) is 0. The first-order chi connectivity index (χ1) is 6.23. The maximum absolute atomic E-state index is 10.4. The molecule has 0 aromatic carbocycles. The summed E-state index contributed by atoms with van der Waals surface area (Å²) >= 11 is 0. The minimum Gasteiger partial charge on any atom is -0.389 e. The maximum Gasteiger partial charge on any atom is 0.122 e. The molecule has 2 fully saturated rings. The molecule has 0 aromatic heterocycles. The van der Waals surface area contributed by atoms with Crippen LogP contribution in [0.15, 0.2) is 0 Å². The highest BCUT2D eigenvalue weighted by molar-refractivity contribution is 5.51. The standard InChI is InChI=1S/C10H17NO2/c12-7-4-10(13)3-6-11-5-1-2-9(11)8-10/h7,9,13H,1-6,8H2. The van der Waals surface area contributed by atoms with E-state index in [0.29, 0.717) is 12.5 Å². The highest BCUT2D eigenvalue weighted by Crippen LogP contribution is 2.34. The van der Waals surface area contributed by atoms with Crippen LogP contribution in [0.4, 0.5) is 0 Å².